The second kappa shape index (κ2) is 12.6. The van der Waals surface area contributed by atoms with Crippen molar-refractivity contribution < 1.29 is 35.1 Å². The van der Waals surface area contributed by atoms with Gasteiger partial charge in [-0.15, -0.1) is 0 Å². The highest BCUT2D eigenvalue weighted by Crippen LogP contribution is 2.31. The first kappa shape index (κ1) is 30.5. The maximum atomic E-state index is 14.1. The molecule has 15 heteroatoms. The van der Waals surface area contributed by atoms with Crippen LogP contribution in [0.2, 0.25) is 0 Å². The third kappa shape index (κ3) is 7.83. The topological polar surface area (TPSA) is 102 Å². The van der Waals surface area contributed by atoms with Gasteiger partial charge in [-0.05, 0) is 37.5 Å². The maximum absolute atomic E-state index is 14.1. The van der Waals surface area contributed by atoms with E-state index in [1.807, 2.05) is 10.9 Å². The summed E-state index contributed by atoms with van der Waals surface area (Å²) >= 11 is 0. The molecule has 1 aliphatic heterocycles. The Hall–Kier alpha value is -3.49. The number of sulfonamides is 1. The number of benzene rings is 1. The molecule has 0 bridgehead atoms. The molecule has 0 unspecified atom stereocenters. The van der Waals surface area contributed by atoms with Crippen molar-refractivity contribution in [2.45, 2.75) is 51.6 Å². The quantitative estimate of drug-likeness (QED) is 0.225. The molecule has 3 heterocycles. The van der Waals surface area contributed by atoms with E-state index in [1.165, 1.54) is 0 Å². The van der Waals surface area contributed by atoms with Gasteiger partial charge in [-0.25, -0.2) is 18.7 Å². The molecule has 0 aliphatic carbocycles. The third-order valence-corrected chi connectivity index (χ3v) is 7.72. The van der Waals surface area contributed by atoms with Crippen molar-refractivity contribution in [3.63, 3.8) is 0 Å². The van der Waals surface area contributed by atoms with Crippen molar-refractivity contribution in [3.8, 4) is 16.9 Å². The largest absolute Gasteiger partial charge is 0.516 e. The van der Waals surface area contributed by atoms with Crippen LogP contribution in [0.3, 0.4) is 0 Å². The Morgan fingerprint density at radius 1 is 1.05 bits per heavy atom. The zero-order valence-electron chi connectivity index (χ0n) is 22.5. The predicted octanol–water partition coefficient (Wildman–Crippen LogP) is 5.61. The third-order valence-electron chi connectivity index (χ3n) is 6.64. The van der Waals surface area contributed by atoms with Crippen LogP contribution in [0.15, 0.2) is 36.9 Å². The van der Waals surface area contributed by atoms with E-state index in [0.717, 1.165) is 54.7 Å². The van der Waals surface area contributed by atoms with Gasteiger partial charge in [-0.1, -0.05) is 13.8 Å². The molecule has 1 fully saturated rings. The van der Waals surface area contributed by atoms with Crippen molar-refractivity contribution in [3.05, 3.63) is 48.6 Å². The molecule has 1 aromatic carbocycles. The van der Waals surface area contributed by atoms with Crippen LogP contribution in [0.5, 0.6) is 5.75 Å². The lowest BCUT2D eigenvalue weighted by Crippen LogP contribution is -2.34. The van der Waals surface area contributed by atoms with Gasteiger partial charge in [0.2, 0.25) is 5.95 Å². The van der Waals surface area contributed by atoms with Crippen molar-refractivity contribution in [1.29, 1.82) is 0 Å². The standard InChI is InChI=1S/C26H31F5N6O3S/c1-17(2)15-37-16-20(14-34-37)19-12-32-25(33-13-19)36-7-5-18(6-8-36)4-3-9-40-21-10-22(27)24(23(28)11-21)35-41(38,39)26(29,30)31/h10-14,16-18,35H,3-9,15H2,1-2H3. The highest BCUT2D eigenvalue weighted by molar-refractivity contribution is 7.93. The molecule has 4 rings (SSSR count). The molecule has 0 saturated carbocycles. The number of anilines is 2. The number of rotatable bonds is 11. The highest BCUT2D eigenvalue weighted by Gasteiger charge is 2.46. The Kier molecular flexibility index (Phi) is 9.34. The van der Waals surface area contributed by atoms with E-state index in [9.17, 15) is 30.4 Å². The summed E-state index contributed by atoms with van der Waals surface area (Å²) in [6, 6.07) is 1.28. The first-order valence-corrected chi connectivity index (χ1v) is 14.6. The van der Waals surface area contributed by atoms with Crippen molar-refractivity contribution in [2.75, 3.05) is 29.3 Å². The van der Waals surface area contributed by atoms with Gasteiger partial charge >= 0.3 is 15.5 Å². The second-order valence-electron chi connectivity index (χ2n) is 10.4. The fourth-order valence-electron chi connectivity index (χ4n) is 4.53. The average molecular weight is 603 g/mol. The molecule has 3 aromatic rings. The van der Waals surface area contributed by atoms with Crippen molar-refractivity contribution in [1.82, 2.24) is 19.7 Å². The zero-order chi connectivity index (χ0) is 29.8. The number of alkyl halides is 3. The molecule has 1 saturated heterocycles. The molecule has 1 aliphatic rings. The van der Waals surface area contributed by atoms with E-state index in [1.54, 1.807) is 18.6 Å². The molecule has 41 heavy (non-hydrogen) atoms. The van der Waals surface area contributed by atoms with Crippen molar-refractivity contribution >= 4 is 21.7 Å². The highest BCUT2D eigenvalue weighted by atomic mass is 32.2. The summed E-state index contributed by atoms with van der Waals surface area (Å²) in [7, 11) is -5.97. The Balaban J connectivity index is 1.21. The first-order chi connectivity index (χ1) is 19.3. The summed E-state index contributed by atoms with van der Waals surface area (Å²) in [4.78, 5) is 11.2. The number of halogens is 5. The van der Waals surface area contributed by atoms with Gasteiger partial charge in [0.25, 0.3) is 0 Å². The molecule has 9 nitrogen and oxygen atoms in total. The summed E-state index contributed by atoms with van der Waals surface area (Å²) in [5.74, 6) is -1.72. The van der Waals surface area contributed by atoms with Crippen LogP contribution in [0.25, 0.3) is 11.1 Å². The lowest BCUT2D eigenvalue weighted by atomic mass is 9.92. The lowest BCUT2D eigenvalue weighted by Gasteiger charge is -2.32. The molecule has 0 radical (unpaired) electrons. The van der Waals surface area contributed by atoms with Gasteiger partial charge in [0.1, 0.15) is 11.4 Å². The Morgan fingerprint density at radius 3 is 2.27 bits per heavy atom. The van der Waals surface area contributed by atoms with Gasteiger partial charge in [0.05, 0.1) is 12.8 Å². The van der Waals surface area contributed by atoms with Crippen LogP contribution in [0.4, 0.5) is 33.6 Å². The molecule has 224 valence electrons. The van der Waals surface area contributed by atoms with Gasteiger partial charge in [-0.2, -0.15) is 26.7 Å². The number of nitrogens with zero attached hydrogens (tertiary/aromatic N) is 5. The minimum absolute atomic E-state index is 0.130. The summed E-state index contributed by atoms with van der Waals surface area (Å²) in [5, 5.41) is 4.38. The Labute approximate surface area is 234 Å². The van der Waals surface area contributed by atoms with Gasteiger partial charge in [0.15, 0.2) is 11.6 Å². The van der Waals surface area contributed by atoms with Crippen LogP contribution in [-0.2, 0) is 16.6 Å². The summed E-state index contributed by atoms with van der Waals surface area (Å²) in [6.45, 7) is 6.79. The number of piperidine rings is 1. The van der Waals surface area contributed by atoms with Crippen LogP contribution in [0, 0.1) is 23.5 Å². The fourth-order valence-corrected chi connectivity index (χ4v) is 5.11. The van der Waals surface area contributed by atoms with Crippen LogP contribution in [-0.4, -0.2) is 53.4 Å². The van der Waals surface area contributed by atoms with Gasteiger partial charge in [0, 0.05) is 61.5 Å². The van der Waals surface area contributed by atoms with Crippen molar-refractivity contribution in [2.24, 2.45) is 11.8 Å². The molecule has 2 aromatic heterocycles. The van der Waals surface area contributed by atoms with Gasteiger partial charge in [-0.3, -0.25) is 9.40 Å². The van der Waals surface area contributed by atoms with Crippen LogP contribution >= 0.6 is 0 Å². The Bertz CT molecular complexity index is 1400. The Morgan fingerprint density at radius 2 is 1.68 bits per heavy atom. The first-order valence-electron chi connectivity index (χ1n) is 13.1. The number of aromatic nitrogens is 4. The van der Waals surface area contributed by atoms with E-state index >= 15 is 0 Å². The molecule has 0 spiro atoms. The summed E-state index contributed by atoms with van der Waals surface area (Å²) in [6.07, 6.45) is 10.6. The molecule has 0 atom stereocenters. The predicted molar refractivity (Wildman–Crippen MR) is 143 cm³/mol. The number of hydrogen-bond acceptors (Lipinski definition) is 7. The second-order valence-corrected chi connectivity index (χ2v) is 12.0. The molecule has 1 N–H and O–H groups in total. The molecule has 0 amide bonds. The lowest BCUT2D eigenvalue weighted by molar-refractivity contribution is -0.0429. The van der Waals surface area contributed by atoms with E-state index in [-0.39, 0.29) is 12.4 Å². The van der Waals surface area contributed by atoms with E-state index in [4.69, 9.17) is 4.74 Å². The SMILES string of the molecule is CC(C)Cn1cc(-c2cnc(N3CCC(CCCOc4cc(F)c(NS(=O)(=O)C(F)(F)F)c(F)c4)CC3)nc2)cn1. The van der Waals surface area contributed by atoms with Gasteiger partial charge < -0.3 is 9.64 Å². The molecular formula is C26H31F5N6O3S. The monoisotopic (exact) mass is 602 g/mol. The normalized spacial score (nSPS) is 15.0. The van der Waals surface area contributed by atoms with Crippen LogP contribution in [0.1, 0.15) is 39.5 Å². The minimum Gasteiger partial charge on any atom is -0.493 e. The fraction of sp³-hybridized carbons (Fsp3) is 0.500. The van der Waals surface area contributed by atoms with Crippen LogP contribution < -0.4 is 14.4 Å². The number of nitrogens with one attached hydrogen (secondary N) is 1. The number of hydrogen-bond donors (Lipinski definition) is 1. The van der Waals surface area contributed by atoms with E-state index in [0.29, 0.717) is 36.3 Å². The smallest absolute Gasteiger partial charge is 0.493 e. The average Bonchev–Trinajstić information content (AvgIpc) is 3.36. The maximum Gasteiger partial charge on any atom is 0.516 e. The minimum atomic E-state index is -5.97. The zero-order valence-corrected chi connectivity index (χ0v) is 23.4. The van der Waals surface area contributed by atoms with E-state index in [2.05, 4.69) is 33.8 Å². The summed E-state index contributed by atoms with van der Waals surface area (Å²) < 4.78 is 96.2. The van der Waals surface area contributed by atoms with E-state index < -0.39 is 32.9 Å². The summed E-state index contributed by atoms with van der Waals surface area (Å²) in [5.41, 5.74) is -5.27. The number of ether oxygens (including phenoxy) is 1. The molecular weight excluding hydrogens is 571 g/mol.